The van der Waals surface area contributed by atoms with Gasteiger partial charge in [-0.15, -0.1) is 0 Å². The molecule has 0 aliphatic rings. The van der Waals surface area contributed by atoms with Crippen LogP contribution in [0.15, 0.2) is 0 Å². The summed E-state index contributed by atoms with van der Waals surface area (Å²) in [6, 6.07) is 0. The predicted octanol–water partition coefficient (Wildman–Crippen LogP) is 6.41. The van der Waals surface area contributed by atoms with E-state index in [1.165, 1.54) is 64.2 Å². The maximum atomic E-state index is 3.75. The lowest BCUT2D eigenvalue weighted by molar-refractivity contribution is 0.553. The Kier molecular flexibility index (Phi) is 10.8. The van der Waals surface area contributed by atoms with Crippen molar-refractivity contribution in [1.29, 1.82) is 0 Å². The van der Waals surface area contributed by atoms with Gasteiger partial charge in [0, 0.05) is 0 Å². The fraction of sp³-hybridized carbons (Fsp3) is 1.00. The van der Waals surface area contributed by atoms with Gasteiger partial charge in [-0.05, 0) is 12.8 Å². The number of alkyl halides is 2. The van der Waals surface area contributed by atoms with Gasteiger partial charge in [0.25, 0.3) is 0 Å². The van der Waals surface area contributed by atoms with Crippen LogP contribution in [-0.2, 0) is 0 Å². The molecule has 0 heterocycles. The largest absolute Gasteiger partial charge is 0.0805 e. The molecular formula is C13H26Br2. The minimum absolute atomic E-state index is 0.220. The molecule has 15 heavy (non-hydrogen) atoms. The Morgan fingerprint density at radius 1 is 0.667 bits per heavy atom. The molecule has 0 amide bonds. The fourth-order valence-electron chi connectivity index (χ4n) is 1.83. The van der Waals surface area contributed by atoms with Crippen LogP contribution in [0.4, 0.5) is 0 Å². The van der Waals surface area contributed by atoms with Gasteiger partial charge < -0.3 is 0 Å². The second-order valence-corrected chi connectivity index (χ2v) is 8.58. The normalized spacial score (nSPS) is 12.0. The summed E-state index contributed by atoms with van der Waals surface area (Å²) in [5.74, 6) is 0. The van der Waals surface area contributed by atoms with Crippen LogP contribution in [0, 0.1) is 0 Å². The minimum atomic E-state index is 0.220. The predicted molar refractivity (Wildman–Crippen MR) is 78.1 cm³/mol. The van der Waals surface area contributed by atoms with E-state index >= 15 is 0 Å². The van der Waals surface area contributed by atoms with Crippen LogP contribution in [0.1, 0.15) is 78.1 Å². The molecule has 2 heteroatoms. The third-order valence-electron chi connectivity index (χ3n) is 2.76. The maximum Gasteiger partial charge on any atom is 0.0805 e. The SMILES string of the molecule is CCCCCCCCCC(Br)(Br)CCC. The molecule has 0 fully saturated rings. The van der Waals surface area contributed by atoms with E-state index in [1.807, 2.05) is 0 Å². The van der Waals surface area contributed by atoms with Crippen LogP contribution in [0.5, 0.6) is 0 Å². The first-order chi connectivity index (χ1) is 7.12. The summed E-state index contributed by atoms with van der Waals surface area (Å²) >= 11 is 7.51. The van der Waals surface area contributed by atoms with Gasteiger partial charge in [-0.25, -0.2) is 0 Å². The van der Waals surface area contributed by atoms with Crippen LogP contribution in [0.3, 0.4) is 0 Å². The lowest BCUT2D eigenvalue weighted by Crippen LogP contribution is -2.09. The summed E-state index contributed by atoms with van der Waals surface area (Å²) in [5, 5.41) is 0. The van der Waals surface area contributed by atoms with Crippen molar-refractivity contribution in [1.82, 2.24) is 0 Å². The molecule has 0 nitrogen and oxygen atoms in total. The highest BCUT2D eigenvalue weighted by atomic mass is 79.9. The van der Waals surface area contributed by atoms with E-state index in [0.717, 1.165) is 0 Å². The molecule has 0 aromatic heterocycles. The first kappa shape index (κ1) is 16.0. The molecule has 0 saturated carbocycles. The van der Waals surface area contributed by atoms with Crippen LogP contribution in [0.2, 0.25) is 0 Å². The fourth-order valence-corrected chi connectivity index (χ4v) is 3.19. The minimum Gasteiger partial charge on any atom is -0.0727 e. The molecule has 0 saturated heterocycles. The number of rotatable bonds is 10. The molecule has 0 rings (SSSR count). The molecule has 92 valence electrons. The highest BCUT2D eigenvalue weighted by Gasteiger charge is 2.19. The van der Waals surface area contributed by atoms with Gasteiger partial charge in [-0.2, -0.15) is 0 Å². The van der Waals surface area contributed by atoms with Crippen molar-refractivity contribution in [2.75, 3.05) is 0 Å². The molecule has 0 radical (unpaired) electrons. The second kappa shape index (κ2) is 10.1. The molecule has 0 aliphatic heterocycles. The summed E-state index contributed by atoms with van der Waals surface area (Å²) in [5.41, 5.74) is 0. The van der Waals surface area contributed by atoms with Crippen molar-refractivity contribution in [3.8, 4) is 0 Å². The Morgan fingerprint density at radius 3 is 1.73 bits per heavy atom. The third-order valence-corrected chi connectivity index (χ3v) is 4.35. The van der Waals surface area contributed by atoms with E-state index in [2.05, 4.69) is 45.7 Å². The molecule has 0 N–H and O–H groups in total. The lowest BCUT2D eigenvalue weighted by atomic mass is 10.1. The summed E-state index contributed by atoms with van der Waals surface area (Å²) < 4.78 is 0.220. The van der Waals surface area contributed by atoms with Gasteiger partial charge in [0.2, 0.25) is 0 Å². The molecule has 0 spiro atoms. The Balaban J connectivity index is 3.22. The van der Waals surface area contributed by atoms with Gasteiger partial charge in [-0.1, -0.05) is 97.1 Å². The quantitative estimate of drug-likeness (QED) is 0.318. The molecular weight excluding hydrogens is 316 g/mol. The molecule has 0 bridgehead atoms. The van der Waals surface area contributed by atoms with Crippen molar-refractivity contribution < 1.29 is 0 Å². The van der Waals surface area contributed by atoms with Crippen LogP contribution < -0.4 is 0 Å². The van der Waals surface area contributed by atoms with Gasteiger partial charge in [0.05, 0.1) is 3.23 Å². The van der Waals surface area contributed by atoms with Gasteiger partial charge in [0.1, 0.15) is 0 Å². The summed E-state index contributed by atoms with van der Waals surface area (Å²) in [4.78, 5) is 0. The summed E-state index contributed by atoms with van der Waals surface area (Å²) in [6.07, 6.45) is 13.5. The highest BCUT2D eigenvalue weighted by molar-refractivity contribution is 9.25. The van der Waals surface area contributed by atoms with E-state index < -0.39 is 0 Å². The number of hydrogen-bond donors (Lipinski definition) is 0. The monoisotopic (exact) mass is 340 g/mol. The summed E-state index contributed by atoms with van der Waals surface area (Å²) in [7, 11) is 0. The molecule has 0 aliphatic carbocycles. The Hall–Kier alpha value is 0.960. The van der Waals surface area contributed by atoms with E-state index in [1.54, 1.807) is 0 Å². The second-order valence-electron chi connectivity index (χ2n) is 4.48. The van der Waals surface area contributed by atoms with Crippen LogP contribution in [-0.4, -0.2) is 3.23 Å². The average Bonchev–Trinajstić information content (AvgIpc) is 2.16. The van der Waals surface area contributed by atoms with Gasteiger partial charge in [-0.3, -0.25) is 0 Å². The first-order valence-electron chi connectivity index (χ1n) is 6.50. The van der Waals surface area contributed by atoms with E-state index in [0.29, 0.717) is 0 Å². The standard InChI is InChI=1S/C13H26Br2/c1-3-5-6-7-8-9-10-12-13(14,15)11-4-2/h3-12H2,1-2H3. The van der Waals surface area contributed by atoms with Crippen molar-refractivity contribution in [2.45, 2.75) is 81.3 Å². The van der Waals surface area contributed by atoms with Crippen molar-refractivity contribution >= 4 is 31.9 Å². The van der Waals surface area contributed by atoms with Gasteiger partial charge >= 0.3 is 0 Å². The van der Waals surface area contributed by atoms with Crippen LogP contribution >= 0.6 is 31.9 Å². The van der Waals surface area contributed by atoms with Crippen LogP contribution in [0.25, 0.3) is 0 Å². The lowest BCUT2D eigenvalue weighted by Gasteiger charge is -2.19. The van der Waals surface area contributed by atoms with E-state index in [4.69, 9.17) is 0 Å². The van der Waals surface area contributed by atoms with Gasteiger partial charge in [0.15, 0.2) is 0 Å². The maximum absolute atomic E-state index is 3.75. The number of unbranched alkanes of at least 4 members (excludes halogenated alkanes) is 6. The highest BCUT2D eigenvalue weighted by Crippen LogP contribution is 2.36. The zero-order chi connectivity index (χ0) is 11.6. The number of halogens is 2. The van der Waals surface area contributed by atoms with Crippen molar-refractivity contribution in [2.24, 2.45) is 0 Å². The van der Waals surface area contributed by atoms with E-state index in [9.17, 15) is 0 Å². The Bertz CT molecular complexity index is 132. The Morgan fingerprint density at radius 2 is 1.20 bits per heavy atom. The molecule has 0 aromatic carbocycles. The average molecular weight is 342 g/mol. The van der Waals surface area contributed by atoms with E-state index in [-0.39, 0.29) is 3.23 Å². The molecule has 0 aromatic rings. The number of hydrogen-bond acceptors (Lipinski definition) is 0. The van der Waals surface area contributed by atoms with Crippen molar-refractivity contribution in [3.05, 3.63) is 0 Å². The molecule has 0 atom stereocenters. The summed E-state index contributed by atoms with van der Waals surface area (Å²) in [6.45, 7) is 4.51. The molecule has 0 unspecified atom stereocenters. The smallest absolute Gasteiger partial charge is 0.0727 e. The Labute approximate surface area is 113 Å². The topological polar surface area (TPSA) is 0 Å². The first-order valence-corrected chi connectivity index (χ1v) is 8.09. The zero-order valence-corrected chi connectivity index (χ0v) is 13.5. The zero-order valence-electron chi connectivity index (χ0n) is 10.3. The third kappa shape index (κ3) is 11.2. The van der Waals surface area contributed by atoms with Crippen molar-refractivity contribution in [3.63, 3.8) is 0 Å².